The molecule has 1 atom stereocenters. The Balaban J connectivity index is 2.51. The van der Waals surface area contributed by atoms with Crippen LogP contribution in [-0.2, 0) is 0 Å². The molecular formula is C16H16ClFO2. The minimum absolute atomic E-state index is 0.307. The zero-order valence-electron chi connectivity index (χ0n) is 11.6. The summed E-state index contributed by atoms with van der Waals surface area (Å²) in [6.07, 6.45) is 0. The van der Waals surface area contributed by atoms with Crippen LogP contribution in [0.2, 0.25) is 0 Å². The van der Waals surface area contributed by atoms with E-state index in [-0.39, 0.29) is 5.82 Å². The SMILES string of the molecule is COc1ccc(OC)c(C(Cl)c2cc(F)ccc2C)c1. The van der Waals surface area contributed by atoms with Crippen LogP contribution in [0.5, 0.6) is 11.5 Å². The molecule has 0 fully saturated rings. The Morgan fingerprint density at radius 1 is 1.00 bits per heavy atom. The highest BCUT2D eigenvalue weighted by Gasteiger charge is 2.19. The second-order valence-electron chi connectivity index (χ2n) is 4.47. The van der Waals surface area contributed by atoms with Gasteiger partial charge >= 0.3 is 0 Å². The number of hydrogen-bond acceptors (Lipinski definition) is 2. The molecule has 20 heavy (non-hydrogen) atoms. The summed E-state index contributed by atoms with van der Waals surface area (Å²) in [5.41, 5.74) is 2.40. The summed E-state index contributed by atoms with van der Waals surface area (Å²) in [7, 11) is 3.16. The molecule has 0 aliphatic rings. The number of alkyl halides is 1. The van der Waals surface area contributed by atoms with Gasteiger partial charge in [-0.25, -0.2) is 4.39 Å². The minimum Gasteiger partial charge on any atom is -0.497 e. The number of methoxy groups -OCH3 is 2. The number of ether oxygens (including phenoxy) is 2. The van der Waals surface area contributed by atoms with Gasteiger partial charge in [-0.3, -0.25) is 0 Å². The third kappa shape index (κ3) is 2.88. The summed E-state index contributed by atoms with van der Waals surface area (Å²) < 4.78 is 24.0. The highest BCUT2D eigenvalue weighted by molar-refractivity contribution is 6.23. The van der Waals surface area contributed by atoms with E-state index in [4.69, 9.17) is 21.1 Å². The van der Waals surface area contributed by atoms with Crippen LogP contribution in [-0.4, -0.2) is 14.2 Å². The Kier molecular flexibility index (Phi) is 4.50. The van der Waals surface area contributed by atoms with Gasteiger partial charge in [-0.05, 0) is 48.4 Å². The second kappa shape index (κ2) is 6.14. The van der Waals surface area contributed by atoms with Crippen molar-refractivity contribution < 1.29 is 13.9 Å². The summed E-state index contributed by atoms with van der Waals surface area (Å²) in [6.45, 7) is 1.90. The van der Waals surface area contributed by atoms with Crippen molar-refractivity contribution in [2.45, 2.75) is 12.3 Å². The van der Waals surface area contributed by atoms with E-state index in [9.17, 15) is 4.39 Å². The molecule has 0 N–H and O–H groups in total. The molecule has 0 aliphatic heterocycles. The predicted molar refractivity (Wildman–Crippen MR) is 78.4 cm³/mol. The van der Waals surface area contributed by atoms with Crippen LogP contribution in [0.15, 0.2) is 36.4 Å². The first-order valence-corrected chi connectivity index (χ1v) is 6.62. The molecule has 106 valence electrons. The van der Waals surface area contributed by atoms with Crippen LogP contribution in [0.1, 0.15) is 22.1 Å². The number of benzene rings is 2. The molecule has 0 saturated carbocycles. The topological polar surface area (TPSA) is 18.5 Å². The van der Waals surface area contributed by atoms with Crippen LogP contribution in [0.25, 0.3) is 0 Å². The molecular weight excluding hydrogens is 279 g/mol. The first-order chi connectivity index (χ1) is 9.56. The highest BCUT2D eigenvalue weighted by atomic mass is 35.5. The Bertz CT molecular complexity index is 613. The molecule has 4 heteroatoms. The fourth-order valence-electron chi connectivity index (χ4n) is 2.09. The Hall–Kier alpha value is -1.74. The van der Waals surface area contributed by atoms with Crippen LogP contribution >= 0.6 is 11.6 Å². The van der Waals surface area contributed by atoms with Crippen molar-refractivity contribution in [3.05, 3.63) is 58.9 Å². The Morgan fingerprint density at radius 2 is 1.75 bits per heavy atom. The first-order valence-electron chi connectivity index (χ1n) is 6.19. The van der Waals surface area contributed by atoms with Gasteiger partial charge < -0.3 is 9.47 Å². The maximum atomic E-state index is 13.4. The standard InChI is InChI=1S/C16H16ClFO2/c1-10-4-5-11(18)8-13(10)16(17)14-9-12(19-2)6-7-15(14)20-3/h4-9,16H,1-3H3. The number of halogens is 2. The molecule has 2 aromatic rings. The Morgan fingerprint density at radius 3 is 2.40 bits per heavy atom. The van der Waals surface area contributed by atoms with Crippen LogP contribution < -0.4 is 9.47 Å². The fourth-order valence-corrected chi connectivity index (χ4v) is 2.50. The number of aryl methyl sites for hydroxylation is 1. The molecule has 0 heterocycles. The molecule has 0 aromatic heterocycles. The maximum Gasteiger partial charge on any atom is 0.124 e. The smallest absolute Gasteiger partial charge is 0.124 e. The lowest BCUT2D eigenvalue weighted by Crippen LogP contribution is -2.01. The minimum atomic E-state index is -0.504. The van der Waals surface area contributed by atoms with Crippen LogP contribution in [0.4, 0.5) is 4.39 Å². The molecule has 2 rings (SSSR count). The molecule has 2 nitrogen and oxygen atoms in total. The third-order valence-corrected chi connectivity index (χ3v) is 3.69. The van der Waals surface area contributed by atoms with E-state index in [2.05, 4.69) is 0 Å². The lowest BCUT2D eigenvalue weighted by Gasteiger charge is -2.17. The van der Waals surface area contributed by atoms with Gasteiger partial charge in [0.25, 0.3) is 0 Å². The van der Waals surface area contributed by atoms with Gasteiger partial charge in [0.1, 0.15) is 17.3 Å². The van der Waals surface area contributed by atoms with Crippen LogP contribution in [0, 0.1) is 12.7 Å². The van der Waals surface area contributed by atoms with E-state index in [0.29, 0.717) is 11.5 Å². The van der Waals surface area contributed by atoms with Crippen LogP contribution in [0.3, 0.4) is 0 Å². The monoisotopic (exact) mass is 294 g/mol. The average Bonchev–Trinajstić information content (AvgIpc) is 2.48. The second-order valence-corrected chi connectivity index (χ2v) is 4.91. The molecule has 0 radical (unpaired) electrons. The summed E-state index contributed by atoms with van der Waals surface area (Å²) in [4.78, 5) is 0. The van der Waals surface area contributed by atoms with Gasteiger partial charge in [0.15, 0.2) is 0 Å². The summed E-state index contributed by atoms with van der Waals surface area (Å²) in [5.74, 6) is 1.02. The molecule has 0 saturated heterocycles. The quantitative estimate of drug-likeness (QED) is 0.774. The summed E-state index contributed by atoms with van der Waals surface area (Å²) in [5, 5.41) is -0.504. The molecule has 0 spiro atoms. The summed E-state index contributed by atoms with van der Waals surface area (Å²) in [6, 6.07) is 9.98. The van der Waals surface area contributed by atoms with Crippen molar-refractivity contribution in [1.82, 2.24) is 0 Å². The van der Waals surface area contributed by atoms with Crippen molar-refractivity contribution in [1.29, 1.82) is 0 Å². The average molecular weight is 295 g/mol. The van der Waals surface area contributed by atoms with Gasteiger partial charge in [-0.2, -0.15) is 0 Å². The van der Waals surface area contributed by atoms with Crippen molar-refractivity contribution in [2.75, 3.05) is 14.2 Å². The highest BCUT2D eigenvalue weighted by Crippen LogP contribution is 2.38. The van der Waals surface area contributed by atoms with Crippen molar-refractivity contribution in [3.63, 3.8) is 0 Å². The number of hydrogen-bond donors (Lipinski definition) is 0. The predicted octanol–water partition coefficient (Wildman–Crippen LogP) is 4.48. The number of rotatable bonds is 4. The van der Waals surface area contributed by atoms with Crippen molar-refractivity contribution in [2.24, 2.45) is 0 Å². The normalized spacial score (nSPS) is 12.1. The van der Waals surface area contributed by atoms with E-state index in [1.54, 1.807) is 38.5 Å². The van der Waals surface area contributed by atoms with E-state index >= 15 is 0 Å². The van der Waals surface area contributed by atoms with Crippen molar-refractivity contribution in [3.8, 4) is 11.5 Å². The summed E-state index contributed by atoms with van der Waals surface area (Å²) >= 11 is 6.52. The lowest BCUT2D eigenvalue weighted by atomic mass is 9.99. The largest absolute Gasteiger partial charge is 0.497 e. The zero-order chi connectivity index (χ0) is 14.7. The molecule has 0 aliphatic carbocycles. The van der Waals surface area contributed by atoms with E-state index in [0.717, 1.165) is 16.7 Å². The lowest BCUT2D eigenvalue weighted by molar-refractivity contribution is 0.399. The molecule has 0 amide bonds. The van der Waals surface area contributed by atoms with Gasteiger partial charge in [-0.15, -0.1) is 11.6 Å². The third-order valence-electron chi connectivity index (χ3n) is 3.22. The maximum absolute atomic E-state index is 13.4. The van der Waals surface area contributed by atoms with E-state index < -0.39 is 5.38 Å². The van der Waals surface area contributed by atoms with E-state index in [1.165, 1.54) is 12.1 Å². The Labute approximate surface area is 123 Å². The molecule has 1 unspecified atom stereocenters. The van der Waals surface area contributed by atoms with Crippen molar-refractivity contribution >= 4 is 11.6 Å². The molecule has 2 aromatic carbocycles. The van der Waals surface area contributed by atoms with Gasteiger partial charge in [0, 0.05) is 5.56 Å². The first kappa shape index (κ1) is 14.7. The molecule has 0 bridgehead atoms. The van der Waals surface area contributed by atoms with Gasteiger partial charge in [-0.1, -0.05) is 6.07 Å². The van der Waals surface area contributed by atoms with Gasteiger partial charge in [0.05, 0.1) is 19.6 Å². The fraction of sp³-hybridized carbons (Fsp3) is 0.250. The van der Waals surface area contributed by atoms with E-state index in [1.807, 2.05) is 6.92 Å². The van der Waals surface area contributed by atoms with Gasteiger partial charge in [0.2, 0.25) is 0 Å². The zero-order valence-corrected chi connectivity index (χ0v) is 12.4.